The number of nitrogens with one attached hydrogen (secondary N) is 2. The van der Waals surface area contributed by atoms with Gasteiger partial charge in [0.15, 0.2) is 11.5 Å². The Hall–Kier alpha value is -3.80. The summed E-state index contributed by atoms with van der Waals surface area (Å²) in [4.78, 5) is 24.9. The maximum absolute atomic E-state index is 12.5. The number of ether oxygens (including phenoxy) is 2. The Kier molecular flexibility index (Phi) is 5.16. The molecule has 0 saturated heterocycles. The van der Waals surface area contributed by atoms with Crippen molar-refractivity contribution in [2.75, 3.05) is 12.1 Å². The fraction of sp³-hybridized carbons (Fsp3) is 0.130. The summed E-state index contributed by atoms with van der Waals surface area (Å²) in [6.45, 7) is 2.11. The van der Waals surface area contributed by atoms with Crippen LogP contribution in [-0.4, -0.2) is 18.6 Å². The van der Waals surface area contributed by atoms with Crippen LogP contribution in [0, 0.1) is 0 Å². The fourth-order valence-corrected chi connectivity index (χ4v) is 3.06. The van der Waals surface area contributed by atoms with Crippen LogP contribution >= 0.6 is 0 Å². The lowest BCUT2D eigenvalue weighted by Crippen LogP contribution is -2.26. The minimum atomic E-state index is -0.270. The molecule has 1 unspecified atom stereocenters. The maximum atomic E-state index is 12.5. The van der Waals surface area contributed by atoms with Crippen molar-refractivity contribution in [3.05, 3.63) is 89.5 Å². The zero-order valence-corrected chi connectivity index (χ0v) is 15.8. The van der Waals surface area contributed by atoms with Crippen LogP contribution in [0.2, 0.25) is 0 Å². The summed E-state index contributed by atoms with van der Waals surface area (Å²) in [5.74, 6) is 0.794. The summed E-state index contributed by atoms with van der Waals surface area (Å²) in [6.07, 6.45) is 0. The highest BCUT2D eigenvalue weighted by atomic mass is 16.7. The second kappa shape index (κ2) is 8.06. The number of hydrogen-bond acceptors (Lipinski definition) is 4. The fourth-order valence-electron chi connectivity index (χ4n) is 3.06. The summed E-state index contributed by atoms with van der Waals surface area (Å²) < 4.78 is 10.6. The number of rotatable bonds is 5. The van der Waals surface area contributed by atoms with Crippen LogP contribution in [0.3, 0.4) is 0 Å². The van der Waals surface area contributed by atoms with Gasteiger partial charge in [-0.1, -0.05) is 30.3 Å². The van der Waals surface area contributed by atoms with Gasteiger partial charge in [0.1, 0.15) is 0 Å². The van der Waals surface area contributed by atoms with Crippen molar-refractivity contribution < 1.29 is 19.1 Å². The summed E-state index contributed by atoms with van der Waals surface area (Å²) in [7, 11) is 0. The molecule has 1 aliphatic rings. The normalized spacial score (nSPS) is 12.9. The second-order valence-electron chi connectivity index (χ2n) is 6.71. The van der Waals surface area contributed by atoms with Gasteiger partial charge in [-0.15, -0.1) is 0 Å². The lowest BCUT2D eigenvalue weighted by molar-refractivity contribution is 0.0938. The third-order valence-corrected chi connectivity index (χ3v) is 4.69. The quantitative estimate of drug-likeness (QED) is 0.688. The van der Waals surface area contributed by atoms with Crippen molar-refractivity contribution in [1.29, 1.82) is 0 Å². The topological polar surface area (TPSA) is 76.7 Å². The number of fused-ring (bicyclic) bond motifs is 1. The van der Waals surface area contributed by atoms with E-state index in [1.807, 2.05) is 37.3 Å². The van der Waals surface area contributed by atoms with Crippen molar-refractivity contribution in [3.8, 4) is 11.5 Å². The monoisotopic (exact) mass is 388 g/mol. The Balaban J connectivity index is 1.39. The number of carbonyl (C=O) groups excluding carboxylic acids is 2. The number of carbonyl (C=O) groups is 2. The summed E-state index contributed by atoms with van der Waals surface area (Å²) in [5, 5.41) is 5.77. The molecule has 1 heterocycles. The number of amides is 2. The Labute approximate surface area is 168 Å². The van der Waals surface area contributed by atoms with Gasteiger partial charge in [0, 0.05) is 22.9 Å². The molecular formula is C23H20N2O4. The predicted molar refractivity (Wildman–Crippen MR) is 109 cm³/mol. The van der Waals surface area contributed by atoms with Crippen molar-refractivity contribution in [2.45, 2.75) is 13.0 Å². The number of anilines is 1. The summed E-state index contributed by atoms with van der Waals surface area (Å²) >= 11 is 0. The molecule has 0 bridgehead atoms. The van der Waals surface area contributed by atoms with E-state index >= 15 is 0 Å². The van der Waals surface area contributed by atoms with E-state index in [-0.39, 0.29) is 24.6 Å². The predicted octanol–water partition coefficient (Wildman–Crippen LogP) is 4.16. The van der Waals surface area contributed by atoms with Crippen LogP contribution < -0.4 is 20.1 Å². The summed E-state index contributed by atoms with van der Waals surface area (Å²) in [6, 6.07) is 21.4. The molecule has 0 fully saturated rings. The average molecular weight is 388 g/mol. The third-order valence-electron chi connectivity index (χ3n) is 4.69. The van der Waals surface area contributed by atoms with Gasteiger partial charge in [0.25, 0.3) is 11.8 Å². The molecule has 146 valence electrons. The largest absolute Gasteiger partial charge is 0.454 e. The zero-order chi connectivity index (χ0) is 20.2. The highest BCUT2D eigenvalue weighted by Gasteiger charge is 2.15. The van der Waals surface area contributed by atoms with Crippen LogP contribution in [0.15, 0.2) is 72.8 Å². The van der Waals surface area contributed by atoms with Crippen molar-refractivity contribution in [2.24, 2.45) is 0 Å². The van der Waals surface area contributed by atoms with E-state index in [0.717, 1.165) is 5.56 Å². The lowest BCUT2D eigenvalue weighted by atomic mass is 10.1. The van der Waals surface area contributed by atoms with Gasteiger partial charge in [0.2, 0.25) is 6.79 Å². The molecule has 3 aromatic carbocycles. The summed E-state index contributed by atoms with van der Waals surface area (Å²) in [5.41, 5.74) is 2.58. The van der Waals surface area contributed by atoms with E-state index in [4.69, 9.17) is 9.47 Å². The second-order valence-corrected chi connectivity index (χ2v) is 6.71. The van der Waals surface area contributed by atoms with Gasteiger partial charge in [-0.2, -0.15) is 0 Å². The van der Waals surface area contributed by atoms with E-state index in [1.165, 1.54) is 0 Å². The van der Waals surface area contributed by atoms with E-state index in [2.05, 4.69) is 10.6 Å². The molecule has 3 aromatic rings. The Morgan fingerprint density at radius 2 is 1.48 bits per heavy atom. The van der Waals surface area contributed by atoms with Crippen molar-refractivity contribution in [3.63, 3.8) is 0 Å². The first-order valence-electron chi connectivity index (χ1n) is 9.27. The SMILES string of the molecule is CC(NC(=O)c1ccc(C(=O)Nc2ccc3c(c2)OCO3)cc1)c1ccccc1. The van der Waals surface area contributed by atoms with Gasteiger partial charge in [-0.3, -0.25) is 9.59 Å². The molecule has 2 N–H and O–H groups in total. The zero-order valence-electron chi connectivity index (χ0n) is 15.8. The lowest BCUT2D eigenvalue weighted by Gasteiger charge is -2.14. The molecule has 0 radical (unpaired) electrons. The molecule has 0 aliphatic carbocycles. The highest BCUT2D eigenvalue weighted by Crippen LogP contribution is 2.34. The Bertz CT molecular complexity index is 1030. The highest BCUT2D eigenvalue weighted by molar-refractivity contribution is 6.05. The van der Waals surface area contributed by atoms with E-state index in [0.29, 0.717) is 28.3 Å². The van der Waals surface area contributed by atoms with E-state index in [1.54, 1.807) is 42.5 Å². The third kappa shape index (κ3) is 4.21. The molecular weight excluding hydrogens is 368 g/mol. The van der Waals surface area contributed by atoms with Crippen LogP contribution in [0.4, 0.5) is 5.69 Å². The molecule has 1 atom stereocenters. The molecule has 0 saturated carbocycles. The standard InChI is InChI=1S/C23H20N2O4/c1-15(16-5-3-2-4-6-16)24-22(26)17-7-9-18(10-8-17)23(27)25-19-11-12-20-21(13-19)29-14-28-20/h2-13,15H,14H2,1H3,(H,24,26)(H,25,27). The number of benzene rings is 3. The minimum absolute atomic E-state index is 0.113. The van der Waals surface area contributed by atoms with Gasteiger partial charge in [0.05, 0.1) is 6.04 Å². The van der Waals surface area contributed by atoms with E-state index in [9.17, 15) is 9.59 Å². The maximum Gasteiger partial charge on any atom is 0.255 e. The van der Waals surface area contributed by atoms with Crippen LogP contribution in [0.25, 0.3) is 0 Å². The Morgan fingerprint density at radius 1 is 0.828 bits per heavy atom. The van der Waals surface area contributed by atoms with Crippen LogP contribution in [0.1, 0.15) is 39.2 Å². The van der Waals surface area contributed by atoms with Gasteiger partial charge in [-0.25, -0.2) is 0 Å². The van der Waals surface area contributed by atoms with Crippen LogP contribution in [-0.2, 0) is 0 Å². The molecule has 29 heavy (non-hydrogen) atoms. The van der Waals surface area contributed by atoms with Gasteiger partial charge in [-0.05, 0) is 48.9 Å². The van der Waals surface area contributed by atoms with Gasteiger partial charge >= 0.3 is 0 Å². The van der Waals surface area contributed by atoms with Crippen molar-refractivity contribution in [1.82, 2.24) is 5.32 Å². The smallest absolute Gasteiger partial charge is 0.255 e. The van der Waals surface area contributed by atoms with Gasteiger partial charge < -0.3 is 20.1 Å². The minimum Gasteiger partial charge on any atom is -0.454 e. The number of hydrogen-bond donors (Lipinski definition) is 2. The molecule has 1 aliphatic heterocycles. The Morgan fingerprint density at radius 3 is 2.21 bits per heavy atom. The van der Waals surface area contributed by atoms with Crippen LogP contribution in [0.5, 0.6) is 11.5 Å². The molecule has 4 rings (SSSR count). The molecule has 0 aromatic heterocycles. The first-order valence-corrected chi connectivity index (χ1v) is 9.27. The first-order chi connectivity index (χ1) is 14.1. The van der Waals surface area contributed by atoms with E-state index < -0.39 is 0 Å². The average Bonchev–Trinajstić information content (AvgIpc) is 3.22. The first kappa shape index (κ1) is 18.6. The van der Waals surface area contributed by atoms with Crippen molar-refractivity contribution >= 4 is 17.5 Å². The molecule has 0 spiro atoms. The molecule has 2 amide bonds. The molecule has 6 nitrogen and oxygen atoms in total. The molecule has 6 heteroatoms.